The molecule has 1 atom stereocenters. The van der Waals surface area contributed by atoms with Gasteiger partial charge in [0.15, 0.2) is 0 Å². The van der Waals surface area contributed by atoms with Crippen molar-refractivity contribution in [3.05, 3.63) is 41.6 Å². The quantitative estimate of drug-likeness (QED) is 0.620. The maximum atomic E-state index is 13.2. The molecule has 3 heterocycles. The molecule has 1 amide bonds. The van der Waals surface area contributed by atoms with Gasteiger partial charge in [-0.25, -0.2) is 23.7 Å². The number of hydrogen-bond acceptors (Lipinski definition) is 6. The van der Waals surface area contributed by atoms with Gasteiger partial charge in [-0.1, -0.05) is 0 Å². The van der Waals surface area contributed by atoms with Gasteiger partial charge in [0.2, 0.25) is 12.2 Å². The standard InChI is InChI=1S/C19H21F2N5O3/c1-11-15(24-10-25-19(11)29-12(2)21)9-26-8-14(18(27)22-5-4-20)17-16(26)6-13(28-3)7-23-17/h6-8,10,12H,4-5,9H2,1-3H3,(H,22,27). The number of carbonyl (C=O) groups excluding carboxylic acids is 1. The van der Waals surface area contributed by atoms with E-state index >= 15 is 0 Å². The van der Waals surface area contributed by atoms with Crippen LogP contribution in [0.2, 0.25) is 0 Å². The van der Waals surface area contributed by atoms with Gasteiger partial charge in [0, 0.05) is 31.3 Å². The Morgan fingerprint density at radius 3 is 2.83 bits per heavy atom. The van der Waals surface area contributed by atoms with E-state index in [9.17, 15) is 13.6 Å². The second-order valence-electron chi connectivity index (χ2n) is 6.27. The summed E-state index contributed by atoms with van der Waals surface area (Å²) in [7, 11) is 1.52. The number of nitrogens with zero attached hydrogens (tertiary/aromatic N) is 4. The molecule has 3 aromatic heterocycles. The van der Waals surface area contributed by atoms with E-state index in [1.54, 1.807) is 23.8 Å². The third-order valence-electron chi connectivity index (χ3n) is 4.29. The van der Waals surface area contributed by atoms with Gasteiger partial charge in [-0.2, -0.15) is 0 Å². The van der Waals surface area contributed by atoms with Crippen molar-refractivity contribution in [2.45, 2.75) is 26.7 Å². The van der Waals surface area contributed by atoms with Gasteiger partial charge < -0.3 is 19.4 Å². The summed E-state index contributed by atoms with van der Waals surface area (Å²) < 4.78 is 37.8. The van der Waals surface area contributed by atoms with E-state index in [-0.39, 0.29) is 19.0 Å². The lowest BCUT2D eigenvalue weighted by Gasteiger charge is -2.12. The van der Waals surface area contributed by atoms with Crippen LogP contribution in [0.4, 0.5) is 8.78 Å². The summed E-state index contributed by atoms with van der Waals surface area (Å²) in [6, 6.07) is 1.74. The van der Waals surface area contributed by atoms with E-state index in [0.29, 0.717) is 33.6 Å². The lowest BCUT2D eigenvalue weighted by atomic mass is 10.2. The molecule has 1 N–H and O–H groups in total. The lowest BCUT2D eigenvalue weighted by Crippen LogP contribution is -2.25. The van der Waals surface area contributed by atoms with E-state index < -0.39 is 18.9 Å². The maximum absolute atomic E-state index is 13.2. The number of fused-ring (bicyclic) bond motifs is 1. The van der Waals surface area contributed by atoms with E-state index in [2.05, 4.69) is 20.3 Å². The van der Waals surface area contributed by atoms with Gasteiger partial charge in [-0.3, -0.25) is 4.79 Å². The summed E-state index contributed by atoms with van der Waals surface area (Å²) >= 11 is 0. The number of aromatic nitrogens is 4. The largest absolute Gasteiger partial charge is 0.495 e. The molecule has 0 bridgehead atoms. The zero-order valence-electron chi connectivity index (χ0n) is 16.3. The van der Waals surface area contributed by atoms with Crippen LogP contribution < -0.4 is 14.8 Å². The Bertz CT molecular complexity index is 1020. The van der Waals surface area contributed by atoms with Crippen LogP contribution in [0.3, 0.4) is 0 Å². The monoisotopic (exact) mass is 405 g/mol. The number of pyridine rings is 1. The zero-order valence-corrected chi connectivity index (χ0v) is 16.3. The van der Waals surface area contributed by atoms with Crippen molar-refractivity contribution in [1.29, 1.82) is 0 Å². The van der Waals surface area contributed by atoms with Gasteiger partial charge >= 0.3 is 0 Å². The molecule has 8 nitrogen and oxygen atoms in total. The Morgan fingerprint density at radius 2 is 2.14 bits per heavy atom. The summed E-state index contributed by atoms with van der Waals surface area (Å²) in [5.41, 5.74) is 2.55. The first-order valence-electron chi connectivity index (χ1n) is 8.92. The molecule has 0 saturated carbocycles. The maximum Gasteiger partial charge on any atom is 0.255 e. The summed E-state index contributed by atoms with van der Waals surface area (Å²) in [6.07, 6.45) is 2.90. The Morgan fingerprint density at radius 1 is 1.34 bits per heavy atom. The summed E-state index contributed by atoms with van der Waals surface area (Å²) in [6.45, 7) is 2.50. The second kappa shape index (κ2) is 8.80. The van der Waals surface area contributed by atoms with E-state index in [4.69, 9.17) is 9.47 Å². The van der Waals surface area contributed by atoms with E-state index in [1.807, 2.05) is 0 Å². The minimum atomic E-state index is -1.51. The molecule has 3 aromatic rings. The van der Waals surface area contributed by atoms with Gasteiger partial charge in [0.1, 0.15) is 24.3 Å². The van der Waals surface area contributed by atoms with E-state index in [1.165, 1.54) is 26.6 Å². The van der Waals surface area contributed by atoms with Crippen LogP contribution in [0.5, 0.6) is 11.6 Å². The van der Waals surface area contributed by atoms with Gasteiger partial charge in [0.25, 0.3) is 5.91 Å². The highest BCUT2D eigenvalue weighted by atomic mass is 19.1. The predicted octanol–water partition coefficient (Wildman–Crippen LogP) is 2.59. The van der Waals surface area contributed by atoms with Gasteiger partial charge in [0.05, 0.1) is 36.6 Å². The number of carbonyl (C=O) groups is 1. The average molecular weight is 405 g/mol. The fraction of sp³-hybridized carbons (Fsp3) is 0.368. The van der Waals surface area contributed by atoms with Crippen LogP contribution >= 0.6 is 0 Å². The van der Waals surface area contributed by atoms with Crippen molar-refractivity contribution in [1.82, 2.24) is 24.8 Å². The number of ether oxygens (including phenoxy) is 2. The molecule has 0 saturated heterocycles. The number of halogens is 2. The molecular formula is C19H21F2N5O3. The smallest absolute Gasteiger partial charge is 0.255 e. The van der Waals surface area contributed by atoms with Crippen molar-refractivity contribution in [3.63, 3.8) is 0 Å². The third kappa shape index (κ3) is 4.41. The number of alkyl halides is 2. The number of methoxy groups -OCH3 is 1. The molecule has 0 fully saturated rings. The normalized spacial score (nSPS) is 12.0. The van der Waals surface area contributed by atoms with Gasteiger partial charge in [-0.15, -0.1) is 0 Å². The molecule has 3 rings (SSSR count). The van der Waals surface area contributed by atoms with Crippen molar-refractivity contribution in [3.8, 4) is 11.6 Å². The number of hydrogen-bond donors (Lipinski definition) is 1. The lowest BCUT2D eigenvalue weighted by molar-refractivity contribution is 0.0797. The molecular weight excluding hydrogens is 384 g/mol. The molecule has 0 aliphatic rings. The Balaban J connectivity index is 2.04. The first-order valence-corrected chi connectivity index (χ1v) is 8.92. The molecule has 0 aliphatic heterocycles. The first-order chi connectivity index (χ1) is 13.9. The minimum Gasteiger partial charge on any atom is -0.495 e. The minimum absolute atomic E-state index is 0.0885. The molecule has 0 aromatic carbocycles. The van der Waals surface area contributed by atoms with Crippen molar-refractivity contribution < 1.29 is 23.0 Å². The molecule has 0 aliphatic carbocycles. The molecule has 10 heteroatoms. The number of nitrogens with one attached hydrogen (secondary N) is 1. The fourth-order valence-electron chi connectivity index (χ4n) is 2.87. The Hall–Kier alpha value is -3.30. The topological polar surface area (TPSA) is 91.2 Å². The summed E-state index contributed by atoms with van der Waals surface area (Å²) in [4.78, 5) is 25.0. The van der Waals surface area contributed by atoms with Crippen molar-refractivity contribution >= 4 is 16.9 Å². The SMILES string of the molecule is COc1cnc2c(C(=O)NCCF)cn(Cc3ncnc(OC(C)F)c3C)c2c1. The van der Waals surface area contributed by atoms with Crippen LogP contribution in [0.1, 0.15) is 28.5 Å². The predicted molar refractivity (Wildman–Crippen MR) is 102 cm³/mol. The summed E-state index contributed by atoms with van der Waals surface area (Å²) in [5, 5.41) is 2.50. The Labute approximate surface area is 165 Å². The van der Waals surface area contributed by atoms with Crippen LogP contribution in [0.15, 0.2) is 24.8 Å². The van der Waals surface area contributed by atoms with Gasteiger partial charge in [-0.05, 0) is 6.92 Å². The fourth-order valence-corrected chi connectivity index (χ4v) is 2.87. The molecule has 154 valence electrons. The van der Waals surface area contributed by atoms with E-state index in [0.717, 1.165) is 0 Å². The molecule has 0 radical (unpaired) electrons. The second-order valence-corrected chi connectivity index (χ2v) is 6.27. The van der Waals surface area contributed by atoms with Crippen LogP contribution in [-0.2, 0) is 6.54 Å². The molecule has 29 heavy (non-hydrogen) atoms. The highest BCUT2D eigenvalue weighted by Crippen LogP contribution is 2.26. The summed E-state index contributed by atoms with van der Waals surface area (Å²) in [5.74, 6) is 0.235. The van der Waals surface area contributed by atoms with Crippen LogP contribution in [0.25, 0.3) is 11.0 Å². The van der Waals surface area contributed by atoms with Crippen molar-refractivity contribution in [2.75, 3.05) is 20.3 Å². The van der Waals surface area contributed by atoms with Crippen molar-refractivity contribution in [2.24, 2.45) is 0 Å². The van der Waals surface area contributed by atoms with Crippen LogP contribution in [0, 0.1) is 6.92 Å². The third-order valence-corrected chi connectivity index (χ3v) is 4.29. The first kappa shape index (κ1) is 20.4. The number of rotatable bonds is 8. The Kier molecular flexibility index (Phi) is 6.20. The van der Waals surface area contributed by atoms with Crippen LogP contribution in [-0.4, -0.2) is 52.1 Å². The molecule has 0 spiro atoms. The highest BCUT2D eigenvalue weighted by molar-refractivity contribution is 6.05. The molecule has 1 unspecified atom stereocenters. The average Bonchev–Trinajstić information content (AvgIpc) is 3.06. The zero-order chi connectivity index (χ0) is 21.0. The highest BCUT2D eigenvalue weighted by Gasteiger charge is 2.19. The number of amides is 1.